The molecule has 0 aliphatic rings. The number of hydrogen-bond donors (Lipinski definition) is 1. The normalized spacial score (nSPS) is 11.1. The maximum Gasteiger partial charge on any atom is 0.229 e. The highest BCUT2D eigenvalue weighted by Gasteiger charge is 2.13. The smallest absolute Gasteiger partial charge is 0.229 e. The quantitative estimate of drug-likeness (QED) is 0.679. The van der Waals surface area contributed by atoms with E-state index in [9.17, 15) is 18.9 Å². The number of anilines is 2. The molecule has 0 unspecified atom stereocenters. The molecule has 9 heteroatoms. The summed E-state index contributed by atoms with van der Waals surface area (Å²) < 4.78 is 26.1. The van der Waals surface area contributed by atoms with Crippen LogP contribution < -0.4 is 9.62 Å². The van der Waals surface area contributed by atoms with Crippen LogP contribution in [0.3, 0.4) is 0 Å². The molecule has 0 aromatic heterocycles. The number of nitrogens with one attached hydrogen (secondary N) is 1. The summed E-state index contributed by atoms with van der Waals surface area (Å²) in [5, 5.41) is 27.0. The second-order valence-electron chi connectivity index (χ2n) is 6.38. The monoisotopic (exact) mass is 410 g/mol. The van der Waals surface area contributed by atoms with E-state index in [0.29, 0.717) is 0 Å². The van der Waals surface area contributed by atoms with Gasteiger partial charge in [0.1, 0.15) is 23.5 Å². The first-order valence-corrected chi connectivity index (χ1v) is 10.8. The number of nitrogens with zero attached hydrogens (tertiary/aromatic N) is 5. The SMILES string of the molecule is CCN(CC)c1ccc(N=Nc2c(C#N)cc(C)cc2C#N)c(NS(C)(=O)=O)c1. The van der Waals surface area contributed by atoms with Crippen molar-refractivity contribution in [3.63, 3.8) is 0 Å². The maximum atomic E-state index is 11.8. The fourth-order valence-corrected chi connectivity index (χ4v) is 3.40. The van der Waals surface area contributed by atoms with Gasteiger partial charge in [-0.3, -0.25) is 4.72 Å². The van der Waals surface area contributed by atoms with Gasteiger partial charge >= 0.3 is 0 Å². The van der Waals surface area contributed by atoms with Crippen LogP contribution in [0.4, 0.5) is 22.7 Å². The van der Waals surface area contributed by atoms with Crippen LogP contribution in [0, 0.1) is 29.6 Å². The van der Waals surface area contributed by atoms with Gasteiger partial charge in [-0.25, -0.2) is 8.42 Å². The average Bonchev–Trinajstić information content (AvgIpc) is 2.67. The van der Waals surface area contributed by atoms with Crippen LogP contribution in [0.25, 0.3) is 0 Å². The number of hydrogen-bond acceptors (Lipinski definition) is 7. The van der Waals surface area contributed by atoms with E-state index < -0.39 is 10.0 Å². The van der Waals surface area contributed by atoms with Crippen molar-refractivity contribution in [2.45, 2.75) is 20.8 Å². The Kier molecular flexibility index (Phi) is 6.92. The van der Waals surface area contributed by atoms with Gasteiger partial charge in [0.15, 0.2) is 0 Å². The number of benzene rings is 2. The summed E-state index contributed by atoms with van der Waals surface area (Å²) in [6.45, 7) is 7.31. The highest BCUT2D eigenvalue weighted by molar-refractivity contribution is 7.92. The molecule has 29 heavy (non-hydrogen) atoms. The van der Waals surface area contributed by atoms with Crippen molar-refractivity contribution in [3.8, 4) is 12.1 Å². The zero-order valence-corrected chi connectivity index (χ0v) is 17.6. The van der Waals surface area contributed by atoms with Crippen LogP contribution in [0.1, 0.15) is 30.5 Å². The zero-order valence-electron chi connectivity index (χ0n) is 16.8. The van der Waals surface area contributed by atoms with Crippen molar-refractivity contribution in [1.29, 1.82) is 10.5 Å². The average molecular weight is 411 g/mol. The molecule has 8 nitrogen and oxygen atoms in total. The molecule has 0 heterocycles. The summed E-state index contributed by atoms with van der Waals surface area (Å²) in [5.41, 5.74) is 2.75. The predicted octanol–water partition coefficient (Wildman–Crippen LogP) is 4.37. The summed E-state index contributed by atoms with van der Waals surface area (Å²) in [6, 6.07) is 12.4. The minimum Gasteiger partial charge on any atom is -0.372 e. The predicted molar refractivity (Wildman–Crippen MR) is 113 cm³/mol. The van der Waals surface area contributed by atoms with Crippen molar-refractivity contribution in [1.82, 2.24) is 0 Å². The molecule has 2 rings (SSSR count). The van der Waals surface area contributed by atoms with Gasteiger partial charge < -0.3 is 4.90 Å². The van der Waals surface area contributed by atoms with E-state index >= 15 is 0 Å². The summed E-state index contributed by atoms with van der Waals surface area (Å²) in [7, 11) is -3.54. The molecule has 0 saturated heterocycles. The van der Waals surface area contributed by atoms with E-state index in [1.807, 2.05) is 32.1 Å². The van der Waals surface area contributed by atoms with Crippen molar-refractivity contribution in [2.24, 2.45) is 10.2 Å². The molecule has 150 valence electrons. The molecular weight excluding hydrogens is 388 g/mol. The third-order valence-corrected chi connectivity index (χ3v) is 4.75. The molecule has 2 aromatic rings. The van der Waals surface area contributed by atoms with Gasteiger partial charge in [0.2, 0.25) is 10.0 Å². The maximum absolute atomic E-state index is 11.8. The topological polar surface area (TPSA) is 122 Å². The Bertz CT molecular complexity index is 1090. The third kappa shape index (κ3) is 5.53. The third-order valence-electron chi connectivity index (χ3n) is 4.16. The number of nitriles is 2. The van der Waals surface area contributed by atoms with E-state index in [1.165, 1.54) is 0 Å². The molecule has 0 fully saturated rings. The minimum atomic E-state index is -3.54. The largest absolute Gasteiger partial charge is 0.372 e. The van der Waals surface area contributed by atoms with Gasteiger partial charge in [-0.15, -0.1) is 10.2 Å². The summed E-state index contributed by atoms with van der Waals surface area (Å²) >= 11 is 0. The number of sulfonamides is 1. The Balaban J connectivity index is 2.58. The van der Waals surface area contributed by atoms with Crippen LogP contribution in [0.2, 0.25) is 0 Å². The van der Waals surface area contributed by atoms with Crippen LogP contribution in [0.5, 0.6) is 0 Å². The van der Waals surface area contributed by atoms with Crippen molar-refractivity contribution in [2.75, 3.05) is 29.0 Å². The highest BCUT2D eigenvalue weighted by Crippen LogP contribution is 2.34. The summed E-state index contributed by atoms with van der Waals surface area (Å²) in [6.07, 6.45) is 1.06. The lowest BCUT2D eigenvalue weighted by Gasteiger charge is -2.22. The molecule has 0 bridgehead atoms. The first kappa shape index (κ1) is 21.9. The molecule has 0 atom stereocenters. The Morgan fingerprint density at radius 1 is 1.03 bits per heavy atom. The van der Waals surface area contributed by atoms with Crippen LogP contribution in [-0.4, -0.2) is 27.8 Å². The van der Waals surface area contributed by atoms with Crippen LogP contribution in [0.15, 0.2) is 40.6 Å². The summed E-state index contributed by atoms with van der Waals surface area (Å²) in [5.74, 6) is 0. The van der Waals surface area contributed by atoms with E-state index in [0.717, 1.165) is 30.6 Å². The molecule has 0 amide bonds. The van der Waals surface area contributed by atoms with Gasteiger partial charge in [0.05, 0.1) is 23.1 Å². The van der Waals surface area contributed by atoms with Gasteiger partial charge in [0.25, 0.3) is 0 Å². The molecule has 0 radical (unpaired) electrons. The Morgan fingerprint density at radius 3 is 2.10 bits per heavy atom. The Labute approximate surface area is 171 Å². The van der Waals surface area contributed by atoms with Gasteiger partial charge in [0, 0.05) is 18.8 Å². The van der Waals surface area contributed by atoms with Crippen LogP contribution in [-0.2, 0) is 10.0 Å². The number of rotatable bonds is 7. The van der Waals surface area contributed by atoms with Gasteiger partial charge in [-0.05, 0) is 56.7 Å². The zero-order chi connectivity index (χ0) is 21.6. The van der Waals surface area contributed by atoms with E-state index in [-0.39, 0.29) is 28.2 Å². The molecule has 0 aliphatic heterocycles. The molecule has 1 N–H and O–H groups in total. The molecule has 2 aromatic carbocycles. The minimum absolute atomic E-state index is 0.152. The lowest BCUT2D eigenvalue weighted by Crippen LogP contribution is -2.22. The van der Waals surface area contributed by atoms with E-state index in [4.69, 9.17) is 0 Å². The Morgan fingerprint density at radius 2 is 1.62 bits per heavy atom. The van der Waals surface area contributed by atoms with Crippen molar-refractivity contribution >= 4 is 32.8 Å². The fourth-order valence-electron chi connectivity index (χ4n) is 2.84. The lowest BCUT2D eigenvalue weighted by atomic mass is 10.1. The van der Waals surface area contributed by atoms with E-state index in [2.05, 4.69) is 19.9 Å². The number of azo groups is 1. The van der Waals surface area contributed by atoms with Gasteiger partial charge in [-0.1, -0.05) is 0 Å². The molecule has 0 spiro atoms. The Hall–Kier alpha value is -3.43. The molecule has 0 saturated carbocycles. The first-order valence-electron chi connectivity index (χ1n) is 8.95. The molecule has 0 aliphatic carbocycles. The molecular formula is C20H22N6O2S. The first-order chi connectivity index (χ1) is 13.7. The van der Waals surface area contributed by atoms with Gasteiger partial charge in [-0.2, -0.15) is 10.5 Å². The van der Waals surface area contributed by atoms with E-state index in [1.54, 1.807) is 31.2 Å². The fraction of sp³-hybridized carbons (Fsp3) is 0.300. The second kappa shape index (κ2) is 9.18. The second-order valence-corrected chi connectivity index (χ2v) is 8.13. The highest BCUT2D eigenvalue weighted by atomic mass is 32.2. The van der Waals surface area contributed by atoms with Crippen molar-refractivity contribution < 1.29 is 8.42 Å². The van der Waals surface area contributed by atoms with Crippen molar-refractivity contribution in [3.05, 3.63) is 47.0 Å². The summed E-state index contributed by atoms with van der Waals surface area (Å²) in [4.78, 5) is 2.07. The lowest BCUT2D eigenvalue weighted by molar-refractivity contribution is 0.607. The number of aryl methyl sites for hydroxylation is 1. The van der Waals surface area contributed by atoms with Crippen LogP contribution >= 0.6 is 0 Å². The standard InChI is InChI=1S/C20H22N6O2S/c1-5-26(6-2)17-7-8-18(19(11-17)25-29(4,27)28)23-24-20-15(12-21)9-14(3)10-16(20)13-22/h7-11,25H,5-6H2,1-4H3.